The fourth-order valence-corrected chi connectivity index (χ4v) is 12.3. The van der Waals surface area contributed by atoms with Crippen molar-refractivity contribution in [2.24, 2.45) is 0 Å². The Labute approximate surface area is 484 Å². The molecule has 390 valence electrons. The third-order valence-corrected chi connectivity index (χ3v) is 16.3. The summed E-state index contributed by atoms with van der Waals surface area (Å²) in [6.07, 6.45) is 0. The molecule has 16 rings (SSSR count). The highest BCUT2D eigenvalue weighted by molar-refractivity contribution is 6.18. The summed E-state index contributed by atoms with van der Waals surface area (Å²) in [7, 11) is 0. The lowest BCUT2D eigenvalue weighted by molar-refractivity contribution is 1.23. The molecule has 12 aromatic carbocycles. The standard InChI is InChI=1S/C78H48N6/c1-7-23-49(24-8-1)67-47-69(51-27-11-3-12-28-51)79-73-63(67)43-45-65-71(81-77(83-75(65)73)53-31-15-5-16-32-53)61-41-21-37-57-55(35-19-39-59(57)61)56-36-20-40-60-58(56)38-22-42-62(60)72-66-46-44-64-68(50-25-9-2-10-26-50)48-70(52-29-13-4-14-30-52)80-74(64)76(66)84-78(82-72)54-33-17-6-18-34-54/h1-48H. The quantitative estimate of drug-likeness (QED) is 0.134. The predicted molar refractivity (Wildman–Crippen MR) is 347 cm³/mol. The molecule has 84 heavy (non-hydrogen) atoms. The maximum absolute atomic E-state index is 5.51. The Kier molecular flexibility index (Phi) is 11.8. The van der Waals surface area contributed by atoms with E-state index in [9.17, 15) is 0 Å². The summed E-state index contributed by atoms with van der Waals surface area (Å²) in [5, 5.41) is 8.28. The lowest BCUT2D eigenvalue weighted by atomic mass is 9.89. The van der Waals surface area contributed by atoms with Gasteiger partial charge < -0.3 is 0 Å². The molecule has 4 heterocycles. The second-order valence-electron chi connectivity index (χ2n) is 21.2. The van der Waals surface area contributed by atoms with E-state index in [0.717, 1.165) is 155 Å². The Morgan fingerprint density at radius 1 is 0.167 bits per heavy atom. The van der Waals surface area contributed by atoms with Crippen LogP contribution in [0.2, 0.25) is 0 Å². The van der Waals surface area contributed by atoms with Gasteiger partial charge >= 0.3 is 0 Å². The topological polar surface area (TPSA) is 77.3 Å². The fourth-order valence-electron chi connectivity index (χ4n) is 12.3. The van der Waals surface area contributed by atoms with Gasteiger partial charge in [-0.05, 0) is 79.2 Å². The van der Waals surface area contributed by atoms with Crippen LogP contribution < -0.4 is 0 Å². The molecule has 0 atom stereocenters. The van der Waals surface area contributed by atoms with Gasteiger partial charge in [-0.2, -0.15) is 0 Å². The lowest BCUT2D eigenvalue weighted by Gasteiger charge is -2.17. The molecular formula is C78H48N6. The lowest BCUT2D eigenvalue weighted by Crippen LogP contribution is -1.99. The summed E-state index contributed by atoms with van der Waals surface area (Å²) in [5.41, 5.74) is 19.3. The summed E-state index contributed by atoms with van der Waals surface area (Å²) in [6.45, 7) is 0. The summed E-state index contributed by atoms with van der Waals surface area (Å²) in [6, 6.07) is 102. The van der Waals surface area contributed by atoms with Crippen molar-refractivity contribution >= 4 is 65.2 Å². The Morgan fingerprint density at radius 3 is 0.810 bits per heavy atom. The number of aromatic nitrogens is 6. The Balaban J connectivity index is 0.903. The van der Waals surface area contributed by atoms with E-state index in [1.54, 1.807) is 0 Å². The van der Waals surface area contributed by atoms with Gasteiger partial charge in [-0.15, -0.1) is 0 Å². The number of hydrogen-bond donors (Lipinski definition) is 0. The van der Waals surface area contributed by atoms with Crippen molar-refractivity contribution in [3.8, 4) is 101 Å². The molecule has 6 heteroatoms. The SMILES string of the molecule is c1ccc(-c2cc(-c3ccccc3)c3ccc4c(-c5cccc6c(-c7cccc8c(-c9nc(-c%10ccccc%10)nc%10c9ccc9c(-c%11ccccc%11)cc(-c%11ccccc%11)nc9%10)cccc78)cccc56)nc(-c5ccccc5)nc4c3n2)cc1. The molecule has 6 nitrogen and oxygen atoms in total. The molecule has 0 saturated heterocycles. The monoisotopic (exact) mass is 1070 g/mol. The maximum Gasteiger partial charge on any atom is 0.160 e. The molecule has 0 aliphatic heterocycles. The van der Waals surface area contributed by atoms with E-state index in [0.29, 0.717) is 11.6 Å². The first-order valence-electron chi connectivity index (χ1n) is 28.3. The molecule has 0 unspecified atom stereocenters. The number of hydrogen-bond acceptors (Lipinski definition) is 6. The van der Waals surface area contributed by atoms with Gasteiger partial charge in [-0.25, -0.2) is 29.9 Å². The average Bonchev–Trinajstić information content (AvgIpc) is 1.62. The van der Waals surface area contributed by atoms with E-state index in [1.165, 1.54) is 0 Å². The smallest absolute Gasteiger partial charge is 0.160 e. The Hall–Kier alpha value is -11.3. The normalized spacial score (nSPS) is 11.6. The van der Waals surface area contributed by atoms with Gasteiger partial charge in [-0.3, -0.25) is 0 Å². The van der Waals surface area contributed by atoms with Crippen molar-refractivity contribution < 1.29 is 0 Å². The van der Waals surface area contributed by atoms with Gasteiger partial charge in [0.25, 0.3) is 0 Å². The molecule has 0 saturated carbocycles. The van der Waals surface area contributed by atoms with Crippen LogP contribution in [-0.4, -0.2) is 29.9 Å². The van der Waals surface area contributed by atoms with Crippen LogP contribution in [0, 0.1) is 0 Å². The van der Waals surface area contributed by atoms with Crippen molar-refractivity contribution in [2.45, 2.75) is 0 Å². The zero-order chi connectivity index (χ0) is 55.5. The minimum atomic E-state index is 0.637. The Bertz CT molecular complexity index is 4880. The first kappa shape index (κ1) is 48.6. The third-order valence-electron chi connectivity index (χ3n) is 16.3. The van der Waals surface area contributed by atoms with E-state index >= 15 is 0 Å². The highest BCUT2D eigenvalue weighted by atomic mass is 14.9. The molecule has 0 N–H and O–H groups in total. The van der Waals surface area contributed by atoms with Gasteiger partial charge in [0.05, 0.1) is 33.8 Å². The van der Waals surface area contributed by atoms with Crippen LogP contribution in [-0.2, 0) is 0 Å². The van der Waals surface area contributed by atoms with E-state index in [1.807, 2.05) is 48.5 Å². The minimum absolute atomic E-state index is 0.637. The van der Waals surface area contributed by atoms with E-state index in [4.69, 9.17) is 29.9 Å². The minimum Gasteiger partial charge on any atom is -0.245 e. The van der Waals surface area contributed by atoms with Gasteiger partial charge in [0.2, 0.25) is 0 Å². The average molecular weight is 1070 g/mol. The molecule has 4 aromatic heterocycles. The number of benzene rings is 12. The van der Waals surface area contributed by atoms with Gasteiger partial charge in [0, 0.05) is 54.9 Å². The summed E-state index contributed by atoms with van der Waals surface area (Å²) in [4.78, 5) is 32.9. The molecular weight excluding hydrogens is 1020 g/mol. The Morgan fingerprint density at radius 2 is 0.452 bits per heavy atom. The summed E-state index contributed by atoms with van der Waals surface area (Å²) in [5.74, 6) is 1.27. The number of nitrogens with zero attached hydrogens (tertiary/aromatic N) is 6. The second kappa shape index (κ2) is 20.3. The highest BCUT2D eigenvalue weighted by Crippen LogP contribution is 2.45. The van der Waals surface area contributed by atoms with E-state index in [-0.39, 0.29) is 0 Å². The molecule has 0 radical (unpaired) electrons. The van der Waals surface area contributed by atoms with Crippen molar-refractivity contribution in [1.82, 2.24) is 29.9 Å². The van der Waals surface area contributed by atoms with Crippen LogP contribution in [0.3, 0.4) is 0 Å². The number of pyridine rings is 2. The first-order valence-corrected chi connectivity index (χ1v) is 28.3. The van der Waals surface area contributed by atoms with Crippen LogP contribution in [0.4, 0.5) is 0 Å². The van der Waals surface area contributed by atoms with Crippen LogP contribution in [0.15, 0.2) is 291 Å². The van der Waals surface area contributed by atoms with Crippen LogP contribution in [0.5, 0.6) is 0 Å². The molecule has 16 aromatic rings. The highest BCUT2D eigenvalue weighted by Gasteiger charge is 2.23. The molecule has 0 amide bonds. The molecule has 0 spiro atoms. The largest absolute Gasteiger partial charge is 0.245 e. The fraction of sp³-hybridized carbons (Fsp3) is 0. The van der Waals surface area contributed by atoms with Gasteiger partial charge in [0.1, 0.15) is 11.0 Å². The molecule has 0 fully saturated rings. The van der Waals surface area contributed by atoms with Crippen molar-refractivity contribution in [3.05, 3.63) is 291 Å². The first-order chi connectivity index (χ1) is 41.7. The number of fused-ring (bicyclic) bond motifs is 8. The molecule has 0 aliphatic rings. The van der Waals surface area contributed by atoms with Crippen molar-refractivity contribution in [3.63, 3.8) is 0 Å². The summed E-state index contributed by atoms with van der Waals surface area (Å²) < 4.78 is 0. The van der Waals surface area contributed by atoms with Crippen LogP contribution >= 0.6 is 0 Å². The maximum atomic E-state index is 5.51. The number of rotatable bonds is 9. The van der Waals surface area contributed by atoms with Gasteiger partial charge in [0.15, 0.2) is 11.6 Å². The van der Waals surface area contributed by atoms with Crippen LogP contribution in [0.1, 0.15) is 0 Å². The zero-order valence-corrected chi connectivity index (χ0v) is 45.4. The zero-order valence-electron chi connectivity index (χ0n) is 45.4. The predicted octanol–water partition coefficient (Wildman–Crippen LogP) is 20.0. The third kappa shape index (κ3) is 8.35. The molecule has 0 bridgehead atoms. The van der Waals surface area contributed by atoms with E-state index < -0.39 is 0 Å². The van der Waals surface area contributed by atoms with Gasteiger partial charge in [-0.1, -0.05) is 267 Å². The van der Waals surface area contributed by atoms with Crippen molar-refractivity contribution in [2.75, 3.05) is 0 Å². The van der Waals surface area contributed by atoms with Crippen LogP contribution in [0.25, 0.3) is 166 Å². The van der Waals surface area contributed by atoms with E-state index in [2.05, 4.69) is 243 Å². The van der Waals surface area contributed by atoms with Crippen molar-refractivity contribution in [1.29, 1.82) is 0 Å². The summed E-state index contributed by atoms with van der Waals surface area (Å²) >= 11 is 0. The molecule has 0 aliphatic carbocycles. The second-order valence-corrected chi connectivity index (χ2v) is 21.2.